The van der Waals surface area contributed by atoms with Crippen molar-refractivity contribution in [1.82, 2.24) is 0 Å². The molecule has 1 amide bonds. The van der Waals surface area contributed by atoms with Gasteiger partial charge in [0.25, 0.3) is 5.69 Å². The van der Waals surface area contributed by atoms with Gasteiger partial charge in [-0.15, -0.1) is 11.3 Å². The SMILES string of the molecule is CC.COC(=O)c1sc(-c2cc(OC)c(F)cc2Cl)cc1NC(=O)Oc1ccc([N+](=O)[O-])cc1. The number of esters is 1. The lowest BCUT2D eigenvalue weighted by molar-refractivity contribution is -0.384. The lowest BCUT2D eigenvalue weighted by Gasteiger charge is -2.07. The van der Waals surface area contributed by atoms with E-state index in [0.29, 0.717) is 10.4 Å². The van der Waals surface area contributed by atoms with E-state index in [1.165, 1.54) is 50.6 Å². The van der Waals surface area contributed by atoms with E-state index in [9.17, 15) is 24.1 Å². The van der Waals surface area contributed by atoms with Gasteiger partial charge in [-0.25, -0.2) is 14.0 Å². The Hall–Kier alpha value is -3.70. The minimum Gasteiger partial charge on any atom is -0.494 e. The highest BCUT2D eigenvalue weighted by Gasteiger charge is 2.22. The molecule has 0 aliphatic rings. The zero-order chi connectivity index (χ0) is 25.4. The maximum Gasteiger partial charge on any atom is 0.417 e. The van der Waals surface area contributed by atoms with E-state index in [-0.39, 0.29) is 32.8 Å². The second kappa shape index (κ2) is 12.0. The average Bonchev–Trinajstić information content (AvgIpc) is 3.23. The molecule has 180 valence electrons. The number of nitro groups is 1. The van der Waals surface area contributed by atoms with Gasteiger partial charge in [0.1, 0.15) is 10.6 Å². The van der Waals surface area contributed by atoms with E-state index in [0.717, 1.165) is 17.4 Å². The molecular weight excluding hydrogens is 491 g/mol. The summed E-state index contributed by atoms with van der Waals surface area (Å²) in [4.78, 5) is 35.1. The van der Waals surface area contributed by atoms with Crippen molar-refractivity contribution in [3.05, 3.63) is 68.3 Å². The summed E-state index contributed by atoms with van der Waals surface area (Å²) in [6, 6.07) is 8.74. The Morgan fingerprint density at radius 3 is 2.32 bits per heavy atom. The molecule has 0 spiro atoms. The molecule has 3 rings (SSSR count). The van der Waals surface area contributed by atoms with Crippen molar-refractivity contribution in [2.45, 2.75) is 13.8 Å². The molecule has 2 aromatic carbocycles. The smallest absolute Gasteiger partial charge is 0.417 e. The number of nitrogens with zero attached hydrogens (tertiary/aromatic N) is 1. The summed E-state index contributed by atoms with van der Waals surface area (Å²) >= 11 is 7.11. The van der Waals surface area contributed by atoms with Crippen molar-refractivity contribution in [2.24, 2.45) is 0 Å². The van der Waals surface area contributed by atoms with Gasteiger partial charge in [-0.05, 0) is 30.3 Å². The van der Waals surface area contributed by atoms with Gasteiger partial charge in [-0.3, -0.25) is 15.4 Å². The van der Waals surface area contributed by atoms with Crippen LogP contribution in [0.5, 0.6) is 11.5 Å². The number of carbonyl (C=O) groups is 2. The number of carbonyl (C=O) groups excluding carboxylic acids is 2. The molecule has 0 saturated carbocycles. The fraction of sp³-hybridized carbons (Fsp3) is 0.182. The van der Waals surface area contributed by atoms with Crippen molar-refractivity contribution in [3.8, 4) is 21.9 Å². The molecule has 0 aliphatic heterocycles. The van der Waals surface area contributed by atoms with Crippen LogP contribution in [0.25, 0.3) is 10.4 Å². The number of ether oxygens (including phenoxy) is 3. The summed E-state index contributed by atoms with van der Waals surface area (Å²) in [5.41, 5.74) is 0.278. The second-order valence-corrected chi connectivity index (χ2v) is 7.54. The number of amides is 1. The summed E-state index contributed by atoms with van der Waals surface area (Å²) in [7, 11) is 2.47. The first-order valence-corrected chi connectivity index (χ1v) is 10.9. The molecule has 0 aliphatic carbocycles. The Bertz CT molecular complexity index is 1200. The molecule has 0 atom stereocenters. The first-order valence-electron chi connectivity index (χ1n) is 9.72. The predicted molar refractivity (Wildman–Crippen MR) is 127 cm³/mol. The highest BCUT2D eigenvalue weighted by atomic mass is 35.5. The fourth-order valence-corrected chi connectivity index (χ4v) is 3.98. The van der Waals surface area contributed by atoms with Gasteiger partial charge in [0.2, 0.25) is 0 Å². The standard InChI is InChI=1S/C20H14ClFN2O7S.C2H6/c1-29-16-7-12(13(21)8-14(16)22)17-9-15(18(32-17)19(25)30-2)23-20(26)31-11-5-3-10(4-6-11)24(27)28;1-2/h3-9H,1-2H3,(H,23,26);1-2H3. The first kappa shape index (κ1) is 26.6. The van der Waals surface area contributed by atoms with E-state index in [4.69, 9.17) is 25.8 Å². The third-order valence-corrected chi connectivity index (χ3v) is 5.57. The van der Waals surface area contributed by atoms with Crippen LogP contribution in [0.2, 0.25) is 5.02 Å². The Labute approximate surface area is 203 Å². The van der Waals surface area contributed by atoms with E-state index in [1.807, 2.05) is 13.8 Å². The maximum atomic E-state index is 13.9. The quantitative estimate of drug-likeness (QED) is 0.227. The van der Waals surface area contributed by atoms with Crippen LogP contribution >= 0.6 is 22.9 Å². The third-order valence-electron chi connectivity index (χ3n) is 4.10. The number of non-ortho nitro benzene ring substituents is 1. The fourth-order valence-electron chi connectivity index (χ4n) is 2.61. The van der Waals surface area contributed by atoms with Crippen LogP contribution in [-0.4, -0.2) is 31.2 Å². The van der Waals surface area contributed by atoms with Gasteiger partial charge in [0.05, 0.1) is 29.9 Å². The topological polar surface area (TPSA) is 117 Å². The predicted octanol–water partition coefficient (Wildman–Crippen LogP) is 6.55. The Balaban J connectivity index is 0.00000199. The summed E-state index contributed by atoms with van der Waals surface area (Å²) < 4.78 is 28.7. The lowest BCUT2D eigenvalue weighted by atomic mass is 10.1. The Morgan fingerprint density at radius 2 is 1.76 bits per heavy atom. The zero-order valence-corrected chi connectivity index (χ0v) is 20.1. The van der Waals surface area contributed by atoms with Crippen molar-refractivity contribution in [3.63, 3.8) is 0 Å². The van der Waals surface area contributed by atoms with Crippen molar-refractivity contribution >= 4 is 46.4 Å². The van der Waals surface area contributed by atoms with Gasteiger partial charge in [0, 0.05) is 22.6 Å². The van der Waals surface area contributed by atoms with Gasteiger partial charge < -0.3 is 14.2 Å². The number of hydrogen-bond acceptors (Lipinski definition) is 8. The third kappa shape index (κ3) is 6.21. The average molecular weight is 511 g/mol. The molecule has 0 radical (unpaired) electrons. The van der Waals surface area contributed by atoms with Crippen molar-refractivity contribution in [2.75, 3.05) is 19.5 Å². The van der Waals surface area contributed by atoms with Crippen LogP contribution in [0.3, 0.4) is 0 Å². The summed E-state index contributed by atoms with van der Waals surface area (Å²) in [5.74, 6) is -1.38. The summed E-state index contributed by atoms with van der Waals surface area (Å²) in [5, 5.41) is 13.2. The number of halogens is 2. The molecule has 0 fully saturated rings. The van der Waals surface area contributed by atoms with E-state index in [1.54, 1.807) is 0 Å². The molecular formula is C22H20ClFN2O7S. The molecule has 1 heterocycles. The van der Waals surface area contributed by atoms with E-state index in [2.05, 4.69) is 5.32 Å². The molecule has 3 aromatic rings. The number of nitro benzene ring substituents is 1. The number of hydrogen-bond donors (Lipinski definition) is 1. The number of methoxy groups -OCH3 is 2. The van der Waals surface area contributed by atoms with Gasteiger partial charge in [-0.1, -0.05) is 25.4 Å². The maximum absolute atomic E-state index is 13.9. The molecule has 1 N–H and O–H groups in total. The van der Waals surface area contributed by atoms with E-state index < -0.39 is 22.8 Å². The number of nitrogens with one attached hydrogen (secondary N) is 1. The first-order chi connectivity index (χ1) is 16.2. The molecule has 0 saturated heterocycles. The van der Waals surface area contributed by atoms with Crippen LogP contribution in [0.1, 0.15) is 23.5 Å². The molecule has 34 heavy (non-hydrogen) atoms. The normalized spacial score (nSPS) is 9.94. The number of thiophene rings is 1. The lowest BCUT2D eigenvalue weighted by Crippen LogP contribution is -2.18. The van der Waals surface area contributed by atoms with Crippen molar-refractivity contribution in [1.29, 1.82) is 0 Å². The highest BCUT2D eigenvalue weighted by molar-refractivity contribution is 7.18. The van der Waals surface area contributed by atoms with E-state index >= 15 is 0 Å². The summed E-state index contributed by atoms with van der Waals surface area (Å²) in [6.45, 7) is 4.00. The molecule has 12 heteroatoms. The monoisotopic (exact) mass is 510 g/mol. The van der Waals surface area contributed by atoms with Crippen molar-refractivity contribution < 1.29 is 33.1 Å². The van der Waals surface area contributed by atoms with Crippen LogP contribution in [0.15, 0.2) is 42.5 Å². The zero-order valence-electron chi connectivity index (χ0n) is 18.5. The number of anilines is 1. The number of benzene rings is 2. The van der Waals surface area contributed by atoms with Crippen LogP contribution < -0.4 is 14.8 Å². The highest BCUT2D eigenvalue weighted by Crippen LogP contribution is 2.41. The van der Waals surface area contributed by atoms with Crippen LogP contribution in [-0.2, 0) is 4.74 Å². The Morgan fingerprint density at radius 1 is 1.12 bits per heavy atom. The molecule has 0 unspecified atom stereocenters. The van der Waals surface area contributed by atoms with Gasteiger partial charge in [0.15, 0.2) is 11.6 Å². The summed E-state index contributed by atoms with van der Waals surface area (Å²) in [6.07, 6.45) is -0.948. The molecule has 1 aromatic heterocycles. The van der Waals surface area contributed by atoms with Gasteiger partial charge in [-0.2, -0.15) is 0 Å². The second-order valence-electron chi connectivity index (χ2n) is 6.08. The van der Waals surface area contributed by atoms with Gasteiger partial charge >= 0.3 is 12.1 Å². The number of rotatable bonds is 6. The minimum absolute atomic E-state index is 0.0440. The van der Waals surface area contributed by atoms with Crippen LogP contribution in [0, 0.1) is 15.9 Å². The Kier molecular flexibility index (Phi) is 9.34. The molecule has 0 bridgehead atoms. The largest absolute Gasteiger partial charge is 0.494 e. The van der Waals surface area contributed by atoms with Crippen LogP contribution in [0.4, 0.5) is 20.6 Å². The molecule has 9 nitrogen and oxygen atoms in total. The minimum atomic E-state index is -0.948.